The van der Waals surface area contributed by atoms with Crippen molar-refractivity contribution in [3.05, 3.63) is 53.2 Å². The maximum atomic E-state index is 12.3. The lowest BCUT2D eigenvalue weighted by Gasteiger charge is -2.11. The van der Waals surface area contributed by atoms with Crippen molar-refractivity contribution in [2.24, 2.45) is 0 Å². The van der Waals surface area contributed by atoms with Crippen molar-refractivity contribution in [2.45, 2.75) is 31.8 Å². The number of aliphatic hydroxyl groups is 1. The highest BCUT2D eigenvalue weighted by Gasteiger charge is 2.16. The number of rotatable bonds is 5. The summed E-state index contributed by atoms with van der Waals surface area (Å²) in [5.41, 5.74) is 2.29. The molecule has 0 bridgehead atoms. The monoisotopic (exact) mass is 306 g/mol. The first kappa shape index (κ1) is 15.5. The van der Waals surface area contributed by atoms with E-state index in [1.54, 1.807) is 31.2 Å². The van der Waals surface area contributed by atoms with E-state index in [1.165, 1.54) is 12.1 Å². The van der Waals surface area contributed by atoms with Crippen LogP contribution in [0.5, 0.6) is 0 Å². The van der Waals surface area contributed by atoms with E-state index in [4.69, 9.17) is 0 Å². The predicted octanol–water partition coefficient (Wildman–Crippen LogP) is 2.25. The third-order valence-electron chi connectivity index (χ3n) is 3.17. The van der Waals surface area contributed by atoms with E-state index in [0.29, 0.717) is 5.56 Å². The molecule has 1 aromatic carbocycles. The average Bonchev–Trinajstić information content (AvgIpc) is 2.46. The minimum atomic E-state index is -3.71. The zero-order valence-electron chi connectivity index (χ0n) is 12.0. The molecule has 0 saturated carbocycles. The molecule has 0 fully saturated rings. The normalized spacial score (nSPS) is 11.4. The molecular weight excluding hydrogens is 288 g/mol. The summed E-state index contributed by atoms with van der Waals surface area (Å²) in [4.78, 5) is 4.24. The van der Waals surface area contributed by atoms with Crippen molar-refractivity contribution < 1.29 is 13.5 Å². The molecule has 0 aliphatic rings. The van der Waals surface area contributed by atoms with Gasteiger partial charge in [0.25, 0.3) is 10.0 Å². The summed E-state index contributed by atoms with van der Waals surface area (Å²) < 4.78 is 27.1. The number of hydrogen-bond donors (Lipinski definition) is 2. The summed E-state index contributed by atoms with van der Waals surface area (Å²) in [7, 11) is -3.71. The largest absolute Gasteiger partial charge is 0.392 e. The van der Waals surface area contributed by atoms with Gasteiger partial charge >= 0.3 is 0 Å². The van der Waals surface area contributed by atoms with Crippen LogP contribution in [0.3, 0.4) is 0 Å². The highest BCUT2D eigenvalue weighted by atomic mass is 32.2. The molecule has 0 saturated heterocycles. The summed E-state index contributed by atoms with van der Waals surface area (Å²) in [5.74, 6) is 0.278. The molecule has 21 heavy (non-hydrogen) atoms. The summed E-state index contributed by atoms with van der Waals surface area (Å²) in [6.45, 7) is 3.56. The van der Waals surface area contributed by atoms with Crippen molar-refractivity contribution in [3.8, 4) is 0 Å². The van der Waals surface area contributed by atoms with Crippen molar-refractivity contribution in [2.75, 3.05) is 4.72 Å². The van der Waals surface area contributed by atoms with Crippen LogP contribution in [0, 0.1) is 6.92 Å². The van der Waals surface area contributed by atoms with E-state index in [2.05, 4.69) is 9.71 Å². The van der Waals surface area contributed by atoms with Gasteiger partial charge < -0.3 is 5.11 Å². The number of sulfonamides is 1. The maximum Gasteiger partial charge on any atom is 0.263 e. The smallest absolute Gasteiger partial charge is 0.263 e. The molecule has 2 rings (SSSR count). The van der Waals surface area contributed by atoms with Crippen LogP contribution in [0.4, 0.5) is 5.82 Å². The van der Waals surface area contributed by atoms with Crippen molar-refractivity contribution in [1.82, 2.24) is 4.98 Å². The fourth-order valence-electron chi connectivity index (χ4n) is 2.06. The van der Waals surface area contributed by atoms with Gasteiger partial charge in [-0.05, 0) is 48.7 Å². The Morgan fingerprint density at radius 1 is 1.19 bits per heavy atom. The van der Waals surface area contributed by atoms with Crippen LogP contribution in [0.25, 0.3) is 0 Å². The quantitative estimate of drug-likeness (QED) is 0.888. The van der Waals surface area contributed by atoms with Crippen molar-refractivity contribution in [3.63, 3.8) is 0 Å². The first-order valence-electron chi connectivity index (χ1n) is 6.65. The van der Waals surface area contributed by atoms with Crippen LogP contribution in [-0.4, -0.2) is 18.5 Å². The first-order chi connectivity index (χ1) is 9.96. The SMILES string of the molecule is CCc1ccc(S(=O)(=O)Nc2cccc(C)n2)cc1CO. The molecule has 0 spiro atoms. The van der Waals surface area contributed by atoms with Gasteiger partial charge in [0.1, 0.15) is 5.82 Å². The third-order valence-corrected chi connectivity index (χ3v) is 4.52. The molecule has 112 valence electrons. The maximum absolute atomic E-state index is 12.3. The molecule has 2 aromatic rings. The fourth-order valence-corrected chi connectivity index (χ4v) is 3.11. The molecular formula is C15H18N2O3S. The molecule has 0 atom stereocenters. The Kier molecular flexibility index (Phi) is 4.59. The number of pyridine rings is 1. The van der Waals surface area contributed by atoms with E-state index in [0.717, 1.165) is 17.7 Å². The summed E-state index contributed by atoms with van der Waals surface area (Å²) in [6.07, 6.45) is 0.739. The summed E-state index contributed by atoms with van der Waals surface area (Å²) in [5, 5.41) is 9.34. The first-order valence-corrected chi connectivity index (χ1v) is 8.13. The van der Waals surface area contributed by atoms with Crippen LogP contribution >= 0.6 is 0 Å². The van der Waals surface area contributed by atoms with Gasteiger partial charge in [-0.2, -0.15) is 0 Å². The molecule has 0 radical (unpaired) electrons. The highest BCUT2D eigenvalue weighted by molar-refractivity contribution is 7.92. The number of aromatic nitrogens is 1. The van der Waals surface area contributed by atoms with Gasteiger partial charge in [-0.25, -0.2) is 13.4 Å². The number of benzene rings is 1. The topological polar surface area (TPSA) is 79.3 Å². The Labute approximate surface area is 124 Å². The van der Waals surface area contributed by atoms with E-state index in [1.807, 2.05) is 6.92 Å². The van der Waals surface area contributed by atoms with Gasteiger partial charge in [0, 0.05) is 5.69 Å². The number of hydrogen-bond acceptors (Lipinski definition) is 4. The standard InChI is InChI=1S/C15H18N2O3S/c1-3-12-7-8-14(9-13(12)10-18)21(19,20)17-15-6-4-5-11(2)16-15/h4-9,18H,3,10H2,1-2H3,(H,16,17). The predicted molar refractivity (Wildman–Crippen MR) is 81.5 cm³/mol. The molecule has 5 nitrogen and oxygen atoms in total. The van der Waals surface area contributed by atoms with Crippen LogP contribution in [0.2, 0.25) is 0 Å². The molecule has 0 amide bonds. The molecule has 0 aliphatic carbocycles. The molecule has 1 heterocycles. The Bertz CT molecular complexity index is 742. The number of aliphatic hydroxyl groups excluding tert-OH is 1. The van der Waals surface area contributed by atoms with Gasteiger partial charge in [-0.15, -0.1) is 0 Å². The Hall–Kier alpha value is -1.92. The Morgan fingerprint density at radius 3 is 2.57 bits per heavy atom. The van der Waals surface area contributed by atoms with E-state index in [-0.39, 0.29) is 17.3 Å². The third kappa shape index (κ3) is 3.59. The second-order valence-corrected chi connectivity index (χ2v) is 6.39. The molecule has 6 heteroatoms. The van der Waals surface area contributed by atoms with Crippen molar-refractivity contribution >= 4 is 15.8 Å². The fraction of sp³-hybridized carbons (Fsp3) is 0.267. The number of aryl methyl sites for hydroxylation is 2. The number of nitrogens with zero attached hydrogens (tertiary/aromatic N) is 1. The van der Waals surface area contributed by atoms with Gasteiger partial charge in [-0.1, -0.05) is 19.1 Å². The summed E-state index contributed by atoms with van der Waals surface area (Å²) >= 11 is 0. The van der Waals surface area contributed by atoms with E-state index >= 15 is 0 Å². The molecule has 1 aromatic heterocycles. The zero-order chi connectivity index (χ0) is 15.5. The minimum absolute atomic E-state index is 0.118. The number of anilines is 1. The zero-order valence-corrected chi connectivity index (χ0v) is 12.8. The lowest BCUT2D eigenvalue weighted by molar-refractivity contribution is 0.280. The lowest BCUT2D eigenvalue weighted by Crippen LogP contribution is -2.14. The molecule has 2 N–H and O–H groups in total. The van der Waals surface area contributed by atoms with Crippen LogP contribution in [0.15, 0.2) is 41.3 Å². The highest BCUT2D eigenvalue weighted by Crippen LogP contribution is 2.19. The van der Waals surface area contributed by atoms with Crippen LogP contribution < -0.4 is 4.72 Å². The average molecular weight is 306 g/mol. The molecule has 0 unspecified atom stereocenters. The van der Waals surface area contributed by atoms with Gasteiger partial charge in [-0.3, -0.25) is 4.72 Å². The van der Waals surface area contributed by atoms with Gasteiger partial charge in [0.05, 0.1) is 11.5 Å². The van der Waals surface area contributed by atoms with E-state index in [9.17, 15) is 13.5 Å². The Balaban J connectivity index is 2.35. The van der Waals surface area contributed by atoms with Crippen LogP contribution in [0.1, 0.15) is 23.7 Å². The Morgan fingerprint density at radius 2 is 1.95 bits per heavy atom. The van der Waals surface area contributed by atoms with Gasteiger partial charge in [0.15, 0.2) is 0 Å². The second kappa shape index (κ2) is 6.24. The molecule has 0 aliphatic heterocycles. The second-order valence-electron chi connectivity index (χ2n) is 4.71. The minimum Gasteiger partial charge on any atom is -0.392 e. The summed E-state index contributed by atoms with van der Waals surface area (Å²) in [6, 6.07) is 9.88. The van der Waals surface area contributed by atoms with Crippen molar-refractivity contribution in [1.29, 1.82) is 0 Å². The van der Waals surface area contributed by atoms with E-state index < -0.39 is 10.0 Å². The van der Waals surface area contributed by atoms with Gasteiger partial charge in [0.2, 0.25) is 0 Å². The lowest BCUT2D eigenvalue weighted by atomic mass is 10.1. The van der Waals surface area contributed by atoms with Crippen LogP contribution in [-0.2, 0) is 23.1 Å². The number of nitrogens with one attached hydrogen (secondary N) is 1.